The standard InChI is InChI=1S/C29H42N6O9S/c1-5-15(2)23(30)26(38)34-45(42,43)14-22(36)33-29(28(40)41)20-13-35(4)12-19(25(32)37)18(20)11-21(29)44-27(39)24(31)16(3)17-9-7-6-8-10-17/h6-10,12,15-16,18,20-21,23-24H,5,11,13-14,30-31H2,1-4H3,(H2,32,37)(H,33,36)(H,34,38)(H,40,41). The molecule has 1 heterocycles. The van der Waals surface area contributed by atoms with Gasteiger partial charge in [-0.15, -0.1) is 0 Å². The number of sulfonamides is 1. The van der Waals surface area contributed by atoms with E-state index in [1.165, 1.54) is 11.1 Å². The molecule has 1 aromatic carbocycles. The van der Waals surface area contributed by atoms with E-state index >= 15 is 0 Å². The summed E-state index contributed by atoms with van der Waals surface area (Å²) < 4.78 is 33.0. The predicted molar refractivity (Wildman–Crippen MR) is 162 cm³/mol. The van der Waals surface area contributed by atoms with Crippen LogP contribution in [0.5, 0.6) is 0 Å². The summed E-state index contributed by atoms with van der Waals surface area (Å²) >= 11 is 0. The molecule has 0 radical (unpaired) electrons. The summed E-state index contributed by atoms with van der Waals surface area (Å²) in [6.45, 7) is 5.08. The van der Waals surface area contributed by atoms with Crippen molar-refractivity contribution in [3.63, 3.8) is 0 Å². The summed E-state index contributed by atoms with van der Waals surface area (Å²) in [7, 11) is -3.07. The van der Waals surface area contributed by atoms with Crippen LogP contribution in [0.15, 0.2) is 42.1 Å². The second-order valence-electron chi connectivity index (χ2n) is 11.8. The highest BCUT2D eigenvalue weighted by Crippen LogP contribution is 2.48. The Hall–Kier alpha value is -4.02. The first-order valence-electron chi connectivity index (χ1n) is 14.5. The lowest BCUT2D eigenvalue weighted by Gasteiger charge is -2.41. The number of nitrogens with one attached hydrogen (secondary N) is 2. The zero-order chi connectivity index (χ0) is 33.9. The number of aliphatic carboxylic acids is 1. The number of carboxylic acid groups (broad SMARTS) is 1. The number of nitrogens with two attached hydrogens (primary N) is 3. The zero-order valence-electron chi connectivity index (χ0n) is 25.6. The third-order valence-corrected chi connectivity index (χ3v) is 9.96. The number of esters is 1. The van der Waals surface area contributed by atoms with Crippen molar-refractivity contribution in [3.8, 4) is 0 Å². The van der Waals surface area contributed by atoms with E-state index in [0.29, 0.717) is 6.42 Å². The number of amides is 3. The fourth-order valence-corrected chi connectivity index (χ4v) is 6.89. The summed E-state index contributed by atoms with van der Waals surface area (Å²) in [5.41, 5.74) is 16.0. The lowest BCUT2D eigenvalue weighted by molar-refractivity contribution is -0.166. The van der Waals surface area contributed by atoms with Crippen molar-refractivity contribution in [2.75, 3.05) is 19.3 Å². The van der Waals surface area contributed by atoms with Crippen molar-refractivity contribution in [2.45, 2.75) is 63.3 Å². The minimum atomic E-state index is -4.63. The fourth-order valence-electron chi connectivity index (χ4n) is 5.95. The first kappa shape index (κ1) is 35.5. The van der Waals surface area contributed by atoms with Crippen LogP contribution < -0.4 is 27.2 Å². The van der Waals surface area contributed by atoms with Gasteiger partial charge >= 0.3 is 11.9 Å². The summed E-state index contributed by atoms with van der Waals surface area (Å²) in [5, 5.41) is 12.9. The van der Waals surface area contributed by atoms with Crippen LogP contribution in [0.25, 0.3) is 0 Å². The second-order valence-corrected chi connectivity index (χ2v) is 13.6. The van der Waals surface area contributed by atoms with Gasteiger partial charge in [0.1, 0.15) is 17.9 Å². The van der Waals surface area contributed by atoms with Crippen LogP contribution >= 0.6 is 0 Å². The maximum absolute atomic E-state index is 13.4. The Morgan fingerprint density at radius 2 is 1.73 bits per heavy atom. The van der Waals surface area contributed by atoms with Crippen molar-refractivity contribution in [1.82, 2.24) is 14.9 Å². The second kappa shape index (κ2) is 14.0. The normalized spacial score (nSPS) is 25.5. The molecule has 2 aliphatic rings. The number of carboxylic acids is 1. The molecule has 0 spiro atoms. The van der Waals surface area contributed by atoms with Crippen LogP contribution in [-0.4, -0.2) is 91.2 Å². The van der Waals surface area contributed by atoms with E-state index in [1.54, 1.807) is 62.9 Å². The molecule has 1 aromatic rings. The van der Waals surface area contributed by atoms with Gasteiger partial charge in [-0.05, 0) is 17.9 Å². The first-order valence-corrected chi connectivity index (χ1v) is 16.2. The van der Waals surface area contributed by atoms with Crippen molar-refractivity contribution in [1.29, 1.82) is 0 Å². The molecule has 8 atom stereocenters. The number of primary amides is 1. The van der Waals surface area contributed by atoms with E-state index in [-0.39, 0.29) is 24.5 Å². The average Bonchev–Trinajstić information content (AvgIpc) is 3.27. The van der Waals surface area contributed by atoms with Crippen LogP contribution in [0, 0.1) is 17.8 Å². The molecule has 248 valence electrons. The van der Waals surface area contributed by atoms with Gasteiger partial charge in [0.15, 0.2) is 5.54 Å². The minimum absolute atomic E-state index is 0.0260. The molecule has 9 N–H and O–H groups in total. The minimum Gasteiger partial charge on any atom is -0.479 e. The van der Waals surface area contributed by atoms with Crippen molar-refractivity contribution < 1.29 is 42.2 Å². The van der Waals surface area contributed by atoms with Crippen LogP contribution in [0.2, 0.25) is 0 Å². The van der Waals surface area contributed by atoms with Crippen molar-refractivity contribution in [3.05, 3.63) is 47.7 Å². The van der Waals surface area contributed by atoms with Crippen molar-refractivity contribution in [2.24, 2.45) is 35.0 Å². The van der Waals surface area contributed by atoms with Gasteiger partial charge in [0.05, 0.1) is 6.04 Å². The number of ether oxygens (including phenoxy) is 1. The smallest absolute Gasteiger partial charge is 0.333 e. The van der Waals surface area contributed by atoms with E-state index in [2.05, 4.69) is 5.32 Å². The molecular formula is C29H42N6O9S. The van der Waals surface area contributed by atoms with Crippen molar-refractivity contribution >= 4 is 39.7 Å². The average molecular weight is 651 g/mol. The SMILES string of the molecule is CCC(C)C(N)C(=O)NS(=O)(=O)CC(=O)NC1(C(=O)O)C(OC(=O)C(N)C(C)c2ccccc2)CC2C(C(N)=O)=CN(C)CC21. The highest BCUT2D eigenvalue weighted by Gasteiger charge is 2.65. The topological polar surface area (TPSA) is 254 Å². The van der Waals surface area contributed by atoms with Gasteiger partial charge in [0.25, 0.3) is 5.91 Å². The van der Waals surface area contributed by atoms with E-state index in [0.717, 1.165) is 5.56 Å². The highest BCUT2D eigenvalue weighted by molar-refractivity contribution is 7.90. The highest BCUT2D eigenvalue weighted by atomic mass is 32.2. The quantitative estimate of drug-likeness (QED) is 0.137. The zero-order valence-corrected chi connectivity index (χ0v) is 26.5. The Bertz CT molecular complexity index is 1450. The van der Waals surface area contributed by atoms with Gasteiger partial charge in [0, 0.05) is 43.1 Å². The van der Waals surface area contributed by atoms with Crippen LogP contribution in [0.1, 0.15) is 45.1 Å². The van der Waals surface area contributed by atoms with E-state index in [9.17, 15) is 37.5 Å². The molecule has 1 aliphatic carbocycles. The van der Waals surface area contributed by atoms with Crippen LogP contribution in [-0.2, 0) is 38.7 Å². The van der Waals surface area contributed by atoms with Gasteiger partial charge < -0.3 is 37.3 Å². The molecule has 15 nitrogen and oxygen atoms in total. The van der Waals surface area contributed by atoms with E-state index in [1.807, 2.05) is 0 Å². The molecule has 16 heteroatoms. The number of fused-ring (bicyclic) bond motifs is 1. The number of carbonyl (C=O) groups is 5. The Labute approximate surface area is 261 Å². The lowest BCUT2D eigenvalue weighted by atomic mass is 9.77. The summed E-state index contributed by atoms with van der Waals surface area (Å²) in [6.07, 6.45) is 0.126. The number of rotatable bonds is 13. The van der Waals surface area contributed by atoms with Gasteiger partial charge in [-0.2, -0.15) is 0 Å². The maximum Gasteiger partial charge on any atom is 0.333 e. The number of carbonyl (C=O) groups excluding carboxylic acids is 4. The molecular weight excluding hydrogens is 608 g/mol. The number of benzene rings is 1. The Morgan fingerprint density at radius 1 is 1.11 bits per heavy atom. The number of hydrogen-bond donors (Lipinski definition) is 6. The third kappa shape index (κ3) is 7.62. The van der Waals surface area contributed by atoms with Crippen LogP contribution in [0.3, 0.4) is 0 Å². The largest absolute Gasteiger partial charge is 0.479 e. The Morgan fingerprint density at radius 3 is 2.29 bits per heavy atom. The van der Waals surface area contributed by atoms with Gasteiger partial charge in [-0.1, -0.05) is 57.5 Å². The fraction of sp³-hybridized carbons (Fsp3) is 0.552. The third-order valence-electron chi connectivity index (χ3n) is 8.81. The molecule has 45 heavy (non-hydrogen) atoms. The summed E-state index contributed by atoms with van der Waals surface area (Å²) in [5.74, 6) is -9.96. The summed E-state index contributed by atoms with van der Waals surface area (Å²) in [4.78, 5) is 66.1. The van der Waals surface area contributed by atoms with Gasteiger partial charge in [0.2, 0.25) is 21.8 Å². The molecule has 0 saturated heterocycles. The predicted octanol–water partition coefficient (Wildman–Crippen LogP) is -1.26. The summed E-state index contributed by atoms with van der Waals surface area (Å²) in [6, 6.07) is 6.43. The van der Waals surface area contributed by atoms with Crippen LogP contribution in [0.4, 0.5) is 0 Å². The van der Waals surface area contributed by atoms with E-state index in [4.69, 9.17) is 21.9 Å². The molecule has 1 aliphatic heterocycles. The van der Waals surface area contributed by atoms with E-state index < -0.39 is 86.9 Å². The number of nitrogens with zero attached hydrogens (tertiary/aromatic N) is 1. The monoisotopic (exact) mass is 650 g/mol. The molecule has 3 amide bonds. The Balaban J connectivity index is 1.95. The maximum atomic E-state index is 13.4. The van der Waals surface area contributed by atoms with Gasteiger partial charge in [-0.3, -0.25) is 23.9 Å². The number of hydrogen-bond acceptors (Lipinski definition) is 11. The molecule has 0 aromatic heterocycles. The Kier molecular flexibility index (Phi) is 11.0. The van der Waals surface area contributed by atoms with Gasteiger partial charge in [-0.25, -0.2) is 13.2 Å². The molecule has 8 unspecified atom stereocenters. The first-order chi connectivity index (χ1) is 20.9. The molecule has 1 fully saturated rings. The molecule has 3 rings (SSSR count). The molecule has 0 bridgehead atoms. The lowest BCUT2D eigenvalue weighted by Crippen LogP contribution is -2.67. The molecule has 1 saturated carbocycles.